The summed E-state index contributed by atoms with van der Waals surface area (Å²) in [4.78, 5) is 16.7. The highest BCUT2D eigenvalue weighted by Gasteiger charge is 2.40. The molecule has 0 saturated carbocycles. The first-order chi connectivity index (χ1) is 11.3. The fourth-order valence-corrected chi connectivity index (χ4v) is 3.14. The molecule has 2 heterocycles. The third-order valence-electron chi connectivity index (χ3n) is 4.34. The van der Waals surface area contributed by atoms with E-state index in [-0.39, 0.29) is 24.4 Å². The highest BCUT2D eigenvalue weighted by Crippen LogP contribution is 2.29. The average molecular weight is 346 g/mol. The second-order valence-corrected chi connectivity index (χ2v) is 5.85. The van der Waals surface area contributed by atoms with E-state index in [1.807, 2.05) is 59.5 Å². The molecule has 1 atom stereocenters. The van der Waals surface area contributed by atoms with Gasteiger partial charge in [0.25, 0.3) is 0 Å². The molecular formula is C18H20ClN3O2. The van der Waals surface area contributed by atoms with Crippen molar-refractivity contribution in [2.24, 2.45) is 0 Å². The van der Waals surface area contributed by atoms with Crippen molar-refractivity contribution in [1.82, 2.24) is 10.2 Å². The molecule has 6 heteroatoms. The Kier molecular flexibility index (Phi) is 5.04. The molecule has 0 bridgehead atoms. The minimum Gasteiger partial charge on any atom is -0.457 e. The van der Waals surface area contributed by atoms with Crippen LogP contribution in [0.1, 0.15) is 0 Å². The standard InChI is InChI=1S/C18H19N3O2.ClH/c22-18-17-12-19-9-10-20(17)13-21(18)14-5-4-8-16(11-14)23-15-6-2-1-3-7-15;/h1-8,11,17,19H,9-10,12-13H2;1H. The van der Waals surface area contributed by atoms with Crippen molar-refractivity contribution in [3.05, 3.63) is 54.6 Å². The van der Waals surface area contributed by atoms with Crippen molar-refractivity contribution < 1.29 is 9.53 Å². The van der Waals surface area contributed by atoms with E-state index in [9.17, 15) is 4.79 Å². The molecule has 0 aromatic heterocycles. The summed E-state index contributed by atoms with van der Waals surface area (Å²) in [6.07, 6.45) is 0. The van der Waals surface area contributed by atoms with Crippen LogP contribution in [-0.4, -0.2) is 43.2 Å². The van der Waals surface area contributed by atoms with Gasteiger partial charge >= 0.3 is 0 Å². The Bertz CT molecular complexity index is 710. The van der Waals surface area contributed by atoms with Crippen molar-refractivity contribution in [3.8, 4) is 11.5 Å². The topological polar surface area (TPSA) is 44.8 Å². The Balaban J connectivity index is 0.00000169. The second kappa shape index (κ2) is 7.21. The first-order valence-corrected chi connectivity index (χ1v) is 7.90. The highest BCUT2D eigenvalue weighted by atomic mass is 35.5. The van der Waals surface area contributed by atoms with Gasteiger partial charge < -0.3 is 10.1 Å². The van der Waals surface area contributed by atoms with Gasteiger partial charge in [0.2, 0.25) is 5.91 Å². The molecule has 0 radical (unpaired) electrons. The number of rotatable bonds is 3. The van der Waals surface area contributed by atoms with Crippen molar-refractivity contribution in [2.45, 2.75) is 6.04 Å². The number of carbonyl (C=O) groups excluding carboxylic acids is 1. The maximum Gasteiger partial charge on any atom is 0.246 e. The molecule has 24 heavy (non-hydrogen) atoms. The summed E-state index contributed by atoms with van der Waals surface area (Å²) >= 11 is 0. The van der Waals surface area contributed by atoms with E-state index in [4.69, 9.17) is 4.74 Å². The lowest BCUT2D eigenvalue weighted by molar-refractivity contribution is -0.119. The van der Waals surface area contributed by atoms with Crippen molar-refractivity contribution >= 4 is 24.0 Å². The number of hydrogen-bond acceptors (Lipinski definition) is 4. The number of hydrogen-bond donors (Lipinski definition) is 1. The van der Waals surface area contributed by atoms with Crippen LogP contribution in [0, 0.1) is 0 Å². The Hall–Kier alpha value is -2.08. The van der Waals surface area contributed by atoms with Gasteiger partial charge in [0.15, 0.2) is 0 Å². The monoisotopic (exact) mass is 345 g/mol. The fraction of sp³-hybridized carbons (Fsp3) is 0.278. The van der Waals surface area contributed by atoms with Crippen LogP contribution in [0.2, 0.25) is 0 Å². The van der Waals surface area contributed by atoms with Crippen LogP contribution in [-0.2, 0) is 4.79 Å². The van der Waals surface area contributed by atoms with Gasteiger partial charge in [-0.1, -0.05) is 24.3 Å². The zero-order valence-corrected chi connectivity index (χ0v) is 14.0. The third-order valence-corrected chi connectivity index (χ3v) is 4.34. The molecule has 2 aromatic carbocycles. The molecule has 0 aliphatic carbocycles. The lowest BCUT2D eigenvalue weighted by Gasteiger charge is -2.26. The fourth-order valence-electron chi connectivity index (χ4n) is 3.14. The lowest BCUT2D eigenvalue weighted by atomic mass is 10.2. The zero-order valence-electron chi connectivity index (χ0n) is 13.2. The molecule has 2 aliphatic heterocycles. The van der Waals surface area contributed by atoms with Crippen LogP contribution in [0.15, 0.2) is 54.6 Å². The Morgan fingerprint density at radius 2 is 1.83 bits per heavy atom. The van der Waals surface area contributed by atoms with Gasteiger partial charge in [0, 0.05) is 31.4 Å². The maximum absolute atomic E-state index is 12.6. The van der Waals surface area contributed by atoms with E-state index in [0.717, 1.165) is 36.8 Å². The van der Waals surface area contributed by atoms with E-state index in [1.54, 1.807) is 0 Å². The van der Waals surface area contributed by atoms with Crippen LogP contribution in [0.3, 0.4) is 0 Å². The van der Waals surface area contributed by atoms with Gasteiger partial charge in [-0.25, -0.2) is 0 Å². The second-order valence-electron chi connectivity index (χ2n) is 5.85. The quantitative estimate of drug-likeness (QED) is 0.928. The SMILES string of the molecule is Cl.O=C1C2CNCCN2CN1c1cccc(Oc2ccccc2)c1. The Labute approximate surface area is 147 Å². The first kappa shape index (κ1) is 16.8. The van der Waals surface area contributed by atoms with Crippen molar-refractivity contribution in [3.63, 3.8) is 0 Å². The molecule has 126 valence electrons. The average Bonchev–Trinajstić information content (AvgIpc) is 2.93. The van der Waals surface area contributed by atoms with Gasteiger partial charge in [0.05, 0.1) is 6.67 Å². The molecule has 1 N–H and O–H groups in total. The largest absolute Gasteiger partial charge is 0.457 e. The molecule has 2 saturated heterocycles. The number of halogens is 1. The van der Waals surface area contributed by atoms with Gasteiger partial charge in [-0.15, -0.1) is 12.4 Å². The van der Waals surface area contributed by atoms with Crippen molar-refractivity contribution in [1.29, 1.82) is 0 Å². The van der Waals surface area contributed by atoms with E-state index >= 15 is 0 Å². The number of piperazine rings is 1. The summed E-state index contributed by atoms with van der Waals surface area (Å²) < 4.78 is 5.87. The summed E-state index contributed by atoms with van der Waals surface area (Å²) in [6, 6.07) is 17.3. The number of anilines is 1. The summed E-state index contributed by atoms with van der Waals surface area (Å²) in [6.45, 7) is 3.23. The number of amides is 1. The minimum absolute atomic E-state index is 0. The number of nitrogens with one attached hydrogen (secondary N) is 1. The van der Waals surface area contributed by atoms with Crippen LogP contribution >= 0.6 is 12.4 Å². The number of fused-ring (bicyclic) bond motifs is 1. The molecule has 2 aliphatic rings. The zero-order chi connectivity index (χ0) is 15.6. The first-order valence-electron chi connectivity index (χ1n) is 7.90. The number of nitrogens with zero attached hydrogens (tertiary/aromatic N) is 2. The molecule has 1 unspecified atom stereocenters. The van der Waals surface area contributed by atoms with E-state index in [2.05, 4.69) is 10.2 Å². The Morgan fingerprint density at radius 1 is 1.04 bits per heavy atom. The number of carbonyl (C=O) groups is 1. The summed E-state index contributed by atoms with van der Waals surface area (Å²) in [7, 11) is 0. The summed E-state index contributed by atoms with van der Waals surface area (Å²) in [5.41, 5.74) is 0.887. The molecule has 1 amide bonds. The van der Waals surface area contributed by atoms with Gasteiger partial charge in [0.1, 0.15) is 17.5 Å². The number of benzene rings is 2. The van der Waals surface area contributed by atoms with E-state index < -0.39 is 0 Å². The summed E-state index contributed by atoms with van der Waals surface area (Å²) in [5.74, 6) is 1.69. The number of ether oxygens (including phenoxy) is 1. The molecule has 5 nitrogen and oxygen atoms in total. The summed E-state index contributed by atoms with van der Waals surface area (Å²) in [5, 5.41) is 3.29. The predicted octanol–water partition coefficient (Wildman–Crippen LogP) is 2.48. The van der Waals surface area contributed by atoms with Crippen LogP contribution in [0.5, 0.6) is 11.5 Å². The van der Waals surface area contributed by atoms with Crippen LogP contribution in [0.4, 0.5) is 5.69 Å². The van der Waals surface area contributed by atoms with E-state index in [0.29, 0.717) is 6.67 Å². The van der Waals surface area contributed by atoms with Crippen molar-refractivity contribution in [2.75, 3.05) is 31.2 Å². The predicted molar refractivity (Wildman–Crippen MR) is 95.9 cm³/mol. The molecular weight excluding hydrogens is 326 g/mol. The molecule has 4 rings (SSSR count). The smallest absolute Gasteiger partial charge is 0.246 e. The van der Waals surface area contributed by atoms with Crippen LogP contribution < -0.4 is 15.0 Å². The highest BCUT2D eigenvalue weighted by molar-refractivity contribution is 5.99. The third kappa shape index (κ3) is 3.24. The van der Waals surface area contributed by atoms with Crippen LogP contribution in [0.25, 0.3) is 0 Å². The van der Waals surface area contributed by atoms with Gasteiger partial charge in [-0.2, -0.15) is 0 Å². The minimum atomic E-state index is -0.0394. The maximum atomic E-state index is 12.6. The normalized spacial score (nSPS) is 20.4. The Morgan fingerprint density at radius 3 is 2.62 bits per heavy atom. The molecule has 2 aromatic rings. The lowest BCUT2D eigenvalue weighted by Crippen LogP contribution is -2.50. The van der Waals surface area contributed by atoms with Gasteiger partial charge in [-0.05, 0) is 24.3 Å². The van der Waals surface area contributed by atoms with E-state index in [1.165, 1.54) is 0 Å². The molecule has 2 fully saturated rings. The molecule has 0 spiro atoms. The number of para-hydroxylation sites is 1. The van der Waals surface area contributed by atoms with Gasteiger partial charge in [-0.3, -0.25) is 14.6 Å².